The van der Waals surface area contributed by atoms with Gasteiger partial charge in [0.25, 0.3) is 5.91 Å². The minimum Gasteiger partial charge on any atom is -0.490 e. The molecule has 2 fully saturated rings. The maximum Gasteiger partial charge on any atom is 0.254 e. The molecule has 0 bridgehead atoms. The number of benzene rings is 1. The summed E-state index contributed by atoms with van der Waals surface area (Å²) in [5.74, 6) is 0.616. The van der Waals surface area contributed by atoms with Crippen LogP contribution in [0.2, 0.25) is 0 Å². The number of nitriles is 1. The number of hydrogen-bond acceptors (Lipinski definition) is 4. The van der Waals surface area contributed by atoms with Gasteiger partial charge < -0.3 is 14.7 Å². The zero-order chi connectivity index (χ0) is 16.3. The van der Waals surface area contributed by atoms with Crippen molar-refractivity contribution in [3.8, 4) is 11.8 Å². The first-order valence-electron chi connectivity index (χ1n) is 8.25. The van der Waals surface area contributed by atoms with E-state index in [4.69, 9.17) is 10.00 Å². The van der Waals surface area contributed by atoms with E-state index < -0.39 is 5.60 Å². The number of aliphatic hydroxyl groups is 1. The monoisotopic (exact) mass is 314 g/mol. The second kappa shape index (κ2) is 6.59. The SMILES string of the molecule is N#CCC1(O)CCN(C(=O)c2cccc(OC3CCCC3)c2)C1. The van der Waals surface area contributed by atoms with E-state index in [1.54, 1.807) is 17.0 Å². The lowest BCUT2D eigenvalue weighted by atomic mass is 10.0. The summed E-state index contributed by atoms with van der Waals surface area (Å²) in [7, 11) is 0. The quantitative estimate of drug-likeness (QED) is 0.926. The molecule has 1 aliphatic heterocycles. The van der Waals surface area contributed by atoms with Gasteiger partial charge in [0.2, 0.25) is 0 Å². The number of hydrogen-bond donors (Lipinski definition) is 1. The minimum atomic E-state index is -1.07. The van der Waals surface area contributed by atoms with Crippen molar-refractivity contribution in [1.82, 2.24) is 4.90 Å². The number of nitrogens with zero attached hydrogens (tertiary/aromatic N) is 2. The highest BCUT2D eigenvalue weighted by molar-refractivity contribution is 5.94. The Morgan fingerprint density at radius 2 is 2.22 bits per heavy atom. The summed E-state index contributed by atoms with van der Waals surface area (Å²) in [6.45, 7) is 0.692. The number of β-amino-alcohol motifs (C(OH)–C–C–N with tert-alkyl or cyclic N) is 1. The zero-order valence-electron chi connectivity index (χ0n) is 13.2. The molecule has 1 unspecified atom stereocenters. The molecule has 0 radical (unpaired) electrons. The number of likely N-dealkylation sites (tertiary alicyclic amines) is 1. The standard InChI is InChI=1S/C18H22N2O3/c19-10-8-18(22)9-11-20(13-18)17(21)14-4-3-7-16(12-14)23-15-5-1-2-6-15/h3-4,7,12,15,22H,1-2,5-6,8-9,11,13H2. The lowest BCUT2D eigenvalue weighted by Crippen LogP contribution is -2.35. The molecule has 1 saturated carbocycles. The third kappa shape index (κ3) is 3.65. The summed E-state index contributed by atoms with van der Waals surface area (Å²) in [4.78, 5) is 14.2. The van der Waals surface area contributed by atoms with Crippen LogP contribution in [0.3, 0.4) is 0 Å². The van der Waals surface area contributed by atoms with Gasteiger partial charge in [0.1, 0.15) is 5.75 Å². The Morgan fingerprint density at radius 3 is 2.96 bits per heavy atom. The van der Waals surface area contributed by atoms with E-state index in [2.05, 4.69) is 0 Å². The van der Waals surface area contributed by atoms with Crippen LogP contribution in [0.5, 0.6) is 5.75 Å². The van der Waals surface area contributed by atoms with Crippen molar-refractivity contribution in [2.45, 2.75) is 50.2 Å². The molecule has 0 spiro atoms. The summed E-state index contributed by atoms with van der Waals surface area (Å²) in [6, 6.07) is 9.25. The fraction of sp³-hybridized carbons (Fsp3) is 0.556. The molecule has 1 saturated heterocycles. The highest BCUT2D eigenvalue weighted by Crippen LogP contribution is 2.28. The van der Waals surface area contributed by atoms with E-state index >= 15 is 0 Å². The Morgan fingerprint density at radius 1 is 1.43 bits per heavy atom. The Bertz CT molecular complexity index is 619. The van der Waals surface area contributed by atoms with E-state index in [-0.39, 0.29) is 25.0 Å². The molecule has 1 heterocycles. The molecule has 23 heavy (non-hydrogen) atoms. The first kappa shape index (κ1) is 15.8. The summed E-state index contributed by atoms with van der Waals surface area (Å²) in [5.41, 5.74) is -0.496. The molecule has 5 heteroatoms. The number of carbonyl (C=O) groups is 1. The third-order valence-corrected chi connectivity index (χ3v) is 4.71. The van der Waals surface area contributed by atoms with E-state index in [9.17, 15) is 9.90 Å². The molecule has 1 N–H and O–H groups in total. The molecule has 5 nitrogen and oxygen atoms in total. The molecule has 1 atom stereocenters. The van der Waals surface area contributed by atoms with E-state index in [1.165, 1.54) is 12.8 Å². The Kier molecular flexibility index (Phi) is 4.53. The van der Waals surface area contributed by atoms with Gasteiger partial charge in [-0.3, -0.25) is 4.79 Å². The van der Waals surface area contributed by atoms with Crippen LogP contribution in [0.15, 0.2) is 24.3 Å². The second-order valence-corrected chi connectivity index (χ2v) is 6.59. The van der Waals surface area contributed by atoms with E-state index in [0.717, 1.165) is 18.6 Å². The lowest BCUT2D eigenvalue weighted by Gasteiger charge is -2.21. The normalized spacial score (nSPS) is 24.6. The fourth-order valence-electron chi connectivity index (χ4n) is 3.40. The predicted molar refractivity (Wildman–Crippen MR) is 85.0 cm³/mol. The molecule has 1 amide bonds. The van der Waals surface area contributed by atoms with Crippen molar-refractivity contribution in [1.29, 1.82) is 5.26 Å². The van der Waals surface area contributed by atoms with Crippen LogP contribution < -0.4 is 4.74 Å². The summed E-state index contributed by atoms with van der Waals surface area (Å²) < 4.78 is 5.95. The highest BCUT2D eigenvalue weighted by atomic mass is 16.5. The molecule has 1 aromatic carbocycles. The average Bonchev–Trinajstić information content (AvgIpc) is 3.17. The zero-order valence-corrected chi connectivity index (χ0v) is 13.2. The number of rotatable bonds is 4. The van der Waals surface area contributed by atoms with Gasteiger partial charge in [-0.1, -0.05) is 6.07 Å². The minimum absolute atomic E-state index is 0.0572. The number of ether oxygens (including phenoxy) is 1. The van der Waals surface area contributed by atoms with Gasteiger partial charge in [-0.05, 0) is 50.3 Å². The Labute approximate surface area is 136 Å². The molecule has 1 aromatic rings. The van der Waals surface area contributed by atoms with Crippen molar-refractivity contribution >= 4 is 5.91 Å². The van der Waals surface area contributed by atoms with Crippen LogP contribution >= 0.6 is 0 Å². The van der Waals surface area contributed by atoms with Gasteiger partial charge >= 0.3 is 0 Å². The first-order valence-corrected chi connectivity index (χ1v) is 8.25. The molecular weight excluding hydrogens is 292 g/mol. The van der Waals surface area contributed by atoms with Gasteiger partial charge in [0.15, 0.2) is 0 Å². The first-order chi connectivity index (χ1) is 11.1. The maximum absolute atomic E-state index is 12.6. The van der Waals surface area contributed by atoms with Crippen LogP contribution in [-0.4, -0.2) is 40.7 Å². The predicted octanol–water partition coefficient (Wildman–Crippen LogP) is 2.50. The topological polar surface area (TPSA) is 73.6 Å². The molecule has 1 aliphatic carbocycles. The van der Waals surface area contributed by atoms with Crippen molar-refractivity contribution in [2.75, 3.05) is 13.1 Å². The smallest absolute Gasteiger partial charge is 0.254 e. The van der Waals surface area contributed by atoms with Crippen LogP contribution in [0.25, 0.3) is 0 Å². The van der Waals surface area contributed by atoms with Gasteiger partial charge in [-0.15, -0.1) is 0 Å². The summed E-state index contributed by atoms with van der Waals surface area (Å²) in [6.07, 6.45) is 5.32. The van der Waals surface area contributed by atoms with Crippen LogP contribution in [0.4, 0.5) is 0 Å². The largest absolute Gasteiger partial charge is 0.490 e. The van der Waals surface area contributed by atoms with E-state index in [0.29, 0.717) is 18.5 Å². The average molecular weight is 314 g/mol. The van der Waals surface area contributed by atoms with E-state index in [1.807, 2.05) is 18.2 Å². The fourth-order valence-corrected chi connectivity index (χ4v) is 3.40. The number of carbonyl (C=O) groups excluding carboxylic acids is 1. The molecule has 3 rings (SSSR count). The molecule has 0 aromatic heterocycles. The van der Waals surface area contributed by atoms with Crippen LogP contribution in [0.1, 0.15) is 48.9 Å². The summed E-state index contributed by atoms with van der Waals surface area (Å²) in [5, 5.41) is 19.0. The van der Waals surface area contributed by atoms with Gasteiger partial charge in [-0.25, -0.2) is 0 Å². The molecular formula is C18H22N2O3. The highest BCUT2D eigenvalue weighted by Gasteiger charge is 2.38. The van der Waals surface area contributed by atoms with Crippen molar-refractivity contribution in [2.24, 2.45) is 0 Å². The Hall–Kier alpha value is -2.06. The van der Waals surface area contributed by atoms with Crippen LogP contribution in [-0.2, 0) is 0 Å². The maximum atomic E-state index is 12.6. The van der Waals surface area contributed by atoms with Gasteiger partial charge in [0.05, 0.1) is 30.7 Å². The summed E-state index contributed by atoms with van der Waals surface area (Å²) >= 11 is 0. The van der Waals surface area contributed by atoms with Crippen molar-refractivity contribution in [3.63, 3.8) is 0 Å². The van der Waals surface area contributed by atoms with Crippen molar-refractivity contribution in [3.05, 3.63) is 29.8 Å². The lowest BCUT2D eigenvalue weighted by molar-refractivity contribution is 0.0477. The van der Waals surface area contributed by atoms with Gasteiger partial charge in [-0.2, -0.15) is 5.26 Å². The molecule has 2 aliphatic rings. The Balaban J connectivity index is 1.67. The second-order valence-electron chi connectivity index (χ2n) is 6.59. The third-order valence-electron chi connectivity index (χ3n) is 4.71. The van der Waals surface area contributed by atoms with Crippen molar-refractivity contribution < 1.29 is 14.6 Å². The van der Waals surface area contributed by atoms with Crippen LogP contribution in [0, 0.1) is 11.3 Å². The molecule has 122 valence electrons. The number of amides is 1. The van der Waals surface area contributed by atoms with Gasteiger partial charge in [0, 0.05) is 12.1 Å².